The van der Waals surface area contributed by atoms with Crippen molar-refractivity contribution in [2.75, 3.05) is 38.8 Å². The molecule has 0 aliphatic heterocycles. The van der Waals surface area contributed by atoms with Gasteiger partial charge in [-0.2, -0.15) is 0 Å². The van der Waals surface area contributed by atoms with Gasteiger partial charge in [-0.05, 0) is 12.5 Å². The first-order valence-electron chi connectivity index (χ1n) is 7.72. The summed E-state index contributed by atoms with van der Waals surface area (Å²) in [6, 6.07) is 0. The van der Waals surface area contributed by atoms with Gasteiger partial charge in [0.1, 0.15) is 5.82 Å². The molecule has 0 radical (unpaired) electrons. The van der Waals surface area contributed by atoms with E-state index in [2.05, 4.69) is 49.9 Å². The van der Waals surface area contributed by atoms with Crippen LogP contribution in [0, 0.1) is 5.92 Å². The maximum absolute atomic E-state index is 5.15. The Kier molecular flexibility index (Phi) is 7.61. The van der Waals surface area contributed by atoms with E-state index in [9.17, 15) is 0 Å². The molecule has 1 aromatic heterocycles. The Bertz CT molecular complexity index is 421. The van der Waals surface area contributed by atoms with Gasteiger partial charge in [0.15, 0.2) is 0 Å². The van der Waals surface area contributed by atoms with Crippen LogP contribution in [0.25, 0.3) is 0 Å². The average molecular weight is 294 g/mol. The lowest BCUT2D eigenvalue weighted by atomic mass is 10.2. The lowest BCUT2D eigenvalue weighted by molar-refractivity contribution is 0.206. The molecule has 0 unspecified atom stereocenters. The smallest absolute Gasteiger partial charge is 0.131 e. The number of nitrogens with zero attached hydrogens (tertiary/aromatic N) is 3. The van der Waals surface area contributed by atoms with Crippen LogP contribution in [0.2, 0.25) is 0 Å². The van der Waals surface area contributed by atoms with Crippen molar-refractivity contribution in [1.29, 1.82) is 0 Å². The molecule has 0 aromatic carbocycles. The fraction of sp³-hybridized carbons (Fsp3) is 0.750. The number of ether oxygens (including phenoxy) is 1. The van der Waals surface area contributed by atoms with Gasteiger partial charge in [-0.3, -0.25) is 0 Å². The summed E-state index contributed by atoms with van der Waals surface area (Å²) in [4.78, 5) is 11.4. The van der Waals surface area contributed by atoms with Crippen LogP contribution >= 0.6 is 0 Å². The summed E-state index contributed by atoms with van der Waals surface area (Å²) in [5.74, 6) is 1.87. The van der Waals surface area contributed by atoms with E-state index in [0.29, 0.717) is 18.4 Å². The molecular weight excluding hydrogens is 264 g/mol. The molecule has 0 saturated heterocycles. The van der Waals surface area contributed by atoms with Gasteiger partial charge in [-0.1, -0.05) is 27.7 Å². The molecule has 0 aliphatic carbocycles. The molecule has 0 saturated carbocycles. The lowest BCUT2D eigenvalue weighted by Gasteiger charge is -2.22. The second-order valence-corrected chi connectivity index (χ2v) is 6.15. The van der Waals surface area contributed by atoms with Gasteiger partial charge >= 0.3 is 0 Å². The highest BCUT2D eigenvalue weighted by Gasteiger charge is 2.13. The fourth-order valence-electron chi connectivity index (χ4n) is 1.98. The molecule has 0 bridgehead atoms. The highest BCUT2D eigenvalue weighted by Crippen LogP contribution is 2.19. The van der Waals surface area contributed by atoms with Crippen LogP contribution in [0.1, 0.15) is 45.1 Å². The quantitative estimate of drug-likeness (QED) is 0.758. The fourth-order valence-corrected chi connectivity index (χ4v) is 1.98. The largest absolute Gasteiger partial charge is 0.383 e. The minimum atomic E-state index is 0.340. The van der Waals surface area contributed by atoms with Gasteiger partial charge in [0.05, 0.1) is 24.2 Å². The van der Waals surface area contributed by atoms with E-state index in [1.54, 1.807) is 7.11 Å². The molecule has 1 N–H and O–H groups in total. The van der Waals surface area contributed by atoms with Crippen LogP contribution < -0.4 is 10.2 Å². The SMILES string of the molecule is COCCN(C)c1cnc(C(C)C)nc1CNCC(C)C. The molecule has 0 amide bonds. The molecule has 120 valence electrons. The number of anilines is 1. The molecule has 1 aromatic rings. The Balaban J connectivity index is 2.88. The molecule has 21 heavy (non-hydrogen) atoms. The van der Waals surface area contributed by atoms with Crippen LogP contribution in [0.15, 0.2) is 6.20 Å². The third-order valence-electron chi connectivity index (χ3n) is 3.27. The zero-order valence-electron chi connectivity index (χ0n) is 14.3. The number of nitrogens with one attached hydrogen (secondary N) is 1. The maximum Gasteiger partial charge on any atom is 0.131 e. The van der Waals surface area contributed by atoms with Gasteiger partial charge in [0.25, 0.3) is 0 Å². The summed E-state index contributed by atoms with van der Waals surface area (Å²) >= 11 is 0. The second-order valence-electron chi connectivity index (χ2n) is 6.15. The van der Waals surface area contributed by atoms with E-state index in [-0.39, 0.29) is 0 Å². The summed E-state index contributed by atoms with van der Waals surface area (Å²) < 4.78 is 5.15. The Morgan fingerprint density at radius 2 is 2.00 bits per heavy atom. The first kappa shape index (κ1) is 17.9. The first-order valence-corrected chi connectivity index (χ1v) is 7.72. The minimum Gasteiger partial charge on any atom is -0.383 e. The zero-order chi connectivity index (χ0) is 15.8. The normalized spacial score (nSPS) is 11.4. The van der Waals surface area contributed by atoms with Crippen molar-refractivity contribution >= 4 is 5.69 Å². The molecule has 5 nitrogen and oxygen atoms in total. The van der Waals surface area contributed by atoms with Crippen LogP contribution in [0.5, 0.6) is 0 Å². The van der Waals surface area contributed by atoms with E-state index >= 15 is 0 Å². The van der Waals surface area contributed by atoms with Gasteiger partial charge in [0, 0.05) is 33.2 Å². The van der Waals surface area contributed by atoms with Gasteiger partial charge in [-0.15, -0.1) is 0 Å². The summed E-state index contributed by atoms with van der Waals surface area (Å²) in [5.41, 5.74) is 2.14. The standard InChI is InChI=1S/C16H30N4O/c1-12(2)9-17-10-14-15(20(5)7-8-21-6)11-18-16(19-14)13(3)4/h11-13,17H,7-10H2,1-6H3. The van der Waals surface area contributed by atoms with E-state index in [1.807, 2.05) is 6.20 Å². The third-order valence-corrected chi connectivity index (χ3v) is 3.27. The maximum atomic E-state index is 5.15. The Hall–Kier alpha value is -1.20. The lowest BCUT2D eigenvalue weighted by Crippen LogP contribution is -2.27. The average Bonchev–Trinajstić information content (AvgIpc) is 2.44. The number of hydrogen-bond acceptors (Lipinski definition) is 5. The Morgan fingerprint density at radius 1 is 1.29 bits per heavy atom. The predicted octanol–water partition coefficient (Wildman–Crippen LogP) is 2.43. The molecular formula is C16H30N4O. The number of methoxy groups -OCH3 is 1. The van der Waals surface area contributed by atoms with Crippen LogP contribution in [-0.2, 0) is 11.3 Å². The molecule has 1 heterocycles. The Labute approximate surface area is 129 Å². The topological polar surface area (TPSA) is 50.3 Å². The summed E-state index contributed by atoms with van der Waals surface area (Å²) in [6.45, 7) is 11.9. The van der Waals surface area contributed by atoms with Gasteiger partial charge in [-0.25, -0.2) is 9.97 Å². The highest BCUT2D eigenvalue weighted by molar-refractivity contribution is 5.48. The minimum absolute atomic E-state index is 0.340. The van der Waals surface area contributed by atoms with Crippen molar-refractivity contribution in [2.45, 2.75) is 40.2 Å². The van der Waals surface area contributed by atoms with E-state index < -0.39 is 0 Å². The molecule has 0 spiro atoms. The summed E-state index contributed by atoms with van der Waals surface area (Å²) in [5, 5.41) is 3.47. The van der Waals surface area contributed by atoms with Crippen molar-refractivity contribution in [3.05, 3.63) is 17.7 Å². The number of likely N-dealkylation sites (N-methyl/N-ethyl adjacent to an activating group) is 1. The molecule has 5 heteroatoms. The van der Waals surface area contributed by atoms with Crippen LogP contribution in [0.4, 0.5) is 5.69 Å². The van der Waals surface area contributed by atoms with Crippen molar-refractivity contribution < 1.29 is 4.74 Å². The van der Waals surface area contributed by atoms with Crippen LogP contribution in [-0.4, -0.2) is 43.8 Å². The molecule has 1 rings (SSSR count). The van der Waals surface area contributed by atoms with Crippen molar-refractivity contribution in [2.24, 2.45) is 5.92 Å². The van der Waals surface area contributed by atoms with E-state index in [4.69, 9.17) is 9.72 Å². The summed E-state index contributed by atoms with van der Waals surface area (Å²) in [6.07, 6.45) is 1.93. The molecule has 0 aliphatic rings. The van der Waals surface area contributed by atoms with Crippen molar-refractivity contribution in [3.63, 3.8) is 0 Å². The summed E-state index contributed by atoms with van der Waals surface area (Å²) in [7, 11) is 3.77. The monoisotopic (exact) mass is 294 g/mol. The van der Waals surface area contributed by atoms with Crippen molar-refractivity contribution in [1.82, 2.24) is 15.3 Å². The number of hydrogen-bond donors (Lipinski definition) is 1. The molecule has 0 atom stereocenters. The molecule has 0 fully saturated rings. The third kappa shape index (κ3) is 5.98. The second kappa shape index (κ2) is 8.95. The zero-order valence-corrected chi connectivity index (χ0v) is 14.3. The van der Waals surface area contributed by atoms with E-state index in [1.165, 1.54) is 0 Å². The van der Waals surface area contributed by atoms with Crippen molar-refractivity contribution in [3.8, 4) is 0 Å². The van der Waals surface area contributed by atoms with Gasteiger partial charge < -0.3 is 15.0 Å². The number of aromatic nitrogens is 2. The van der Waals surface area contributed by atoms with Gasteiger partial charge in [0.2, 0.25) is 0 Å². The highest BCUT2D eigenvalue weighted by atomic mass is 16.5. The first-order chi connectivity index (χ1) is 9.95. The van der Waals surface area contributed by atoms with Crippen LogP contribution in [0.3, 0.4) is 0 Å². The predicted molar refractivity (Wildman–Crippen MR) is 87.8 cm³/mol. The van der Waals surface area contributed by atoms with E-state index in [0.717, 1.165) is 36.8 Å². The Morgan fingerprint density at radius 3 is 2.57 bits per heavy atom. The number of rotatable bonds is 9.